The topological polar surface area (TPSA) is 32.3 Å². The van der Waals surface area contributed by atoms with E-state index in [1.165, 1.54) is 29.1 Å². The molecule has 0 radical (unpaired) electrons. The molecule has 1 amide bonds. The van der Waals surface area contributed by atoms with E-state index in [4.69, 9.17) is 0 Å². The van der Waals surface area contributed by atoms with Crippen molar-refractivity contribution in [2.24, 2.45) is 0 Å². The summed E-state index contributed by atoms with van der Waals surface area (Å²) in [5, 5.41) is 7.13. The quantitative estimate of drug-likeness (QED) is 0.918. The van der Waals surface area contributed by atoms with Gasteiger partial charge in [-0.1, -0.05) is 12.1 Å². The van der Waals surface area contributed by atoms with Crippen molar-refractivity contribution < 1.29 is 4.79 Å². The van der Waals surface area contributed by atoms with Gasteiger partial charge in [-0.2, -0.15) is 0 Å². The van der Waals surface area contributed by atoms with Crippen LogP contribution in [0.4, 0.5) is 0 Å². The highest BCUT2D eigenvalue weighted by Crippen LogP contribution is 2.27. The average molecular weight is 306 g/mol. The first-order valence-electron chi connectivity index (χ1n) is 6.94. The third-order valence-corrected chi connectivity index (χ3v) is 5.50. The fourth-order valence-electron chi connectivity index (χ4n) is 2.63. The lowest BCUT2D eigenvalue weighted by molar-refractivity contribution is 0.0942. The van der Waals surface area contributed by atoms with Gasteiger partial charge in [0.25, 0.3) is 5.91 Å². The molecule has 2 aromatic heterocycles. The third-order valence-electron chi connectivity index (χ3n) is 3.65. The van der Waals surface area contributed by atoms with Crippen LogP contribution in [0.5, 0.6) is 0 Å². The Morgan fingerprint density at radius 2 is 1.95 bits per heavy atom. The molecule has 2 aromatic rings. The second-order valence-corrected chi connectivity index (χ2v) is 6.89. The molecule has 1 atom stereocenters. The fraction of sp³-hybridized carbons (Fsp3) is 0.400. The van der Waals surface area contributed by atoms with Crippen molar-refractivity contribution in [3.05, 3.63) is 44.8 Å². The number of likely N-dealkylation sites (tertiary alicyclic amines) is 1. The molecule has 0 aliphatic carbocycles. The van der Waals surface area contributed by atoms with Crippen LogP contribution in [0, 0.1) is 0 Å². The lowest BCUT2D eigenvalue weighted by atomic mass is 10.2. The normalized spacial score (nSPS) is 17.2. The van der Waals surface area contributed by atoms with E-state index in [0.29, 0.717) is 12.6 Å². The molecule has 0 aromatic carbocycles. The van der Waals surface area contributed by atoms with Gasteiger partial charge in [0.1, 0.15) is 0 Å². The minimum Gasteiger partial charge on any atom is -0.349 e. The molecule has 1 aliphatic heterocycles. The van der Waals surface area contributed by atoms with Crippen molar-refractivity contribution in [1.29, 1.82) is 0 Å². The highest BCUT2D eigenvalue weighted by molar-refractivity contribution is 7.12. The molecule has 5 heteroatoms. The van der Waals surface area contributed by atoms with E-state index in [0.717, 1.165) is 18.0 Å². The Balaban J connectivity index is 1.66. The molecule has 0 spiro atoms. The zero-order valence-corrected chi connectivity index (χ0v) is 12.9. The smallest absolute Gasteiger partial charge is 0.261 e. The minimum atomic E-state index is 0.0424. The maximum atomic E-state index is 12.1. The Kier molecular flexibility index (Phi) is 4.50. The third kappa shape index (κ3) is 3.11. The average Bonchev–Trinajstić information content (AvgIpc) is 3.22. The van der Waals surface area contributed by atoms with E-state index in [9.17, 15) is 4.79 Å². The Hall–Kier alpha value is -1.17. The molecule has 3 heterocycles. The molecule has 0 saturated carbocycles. The lowest BCUT2D eigenvalue weighted by Gasteiger charge is -2.26. The van der Waals surface area contributed by atoms with Gasteiger partial charge < -0.3 is 5.32 Å². The second kappa shape index (κ2) is 6.52. The van der Waals surface area contributed by atoms with Crippen molar-refractivity contribution in [1.82, 2.24) is 10.2 Å². The number of hydrogen-bond acceptors (Lipinski definition) is 4. The van der Waals surface area contributed by atoms with E-state index in [-0.39, 0.29) is 5.91 Å². The Bertz CT molecular complexity index is 530. The largest absolute Gasteiger partial charge is 0.349 e. The van der Waals surface area contributed by atoms with Crippen LogP contribution in [-0.2, 0) is 0 Å². The summed E-state index contributed by atoms with van der Waals surface area (Å²) >= 11 is 3.27. The number of nitrogens with zero attached hydrogens (tertiary/aromatic N) is 1. The summed E-state index contributed by atoms with van der Waals surface area (Å²) in [6, 6.07) is 8.36. The minimum absolute atomic E-state index is 0.0424. The molecular weight excluding hydrogens is 288 g/mol. The summed E-state index contributed by atoms with van der Waals surface area (Å²) in [5.74, 6) is 0.0424. The van der Waals surface area contributed by atoms with Crippen LogP contribution in [0.2, 0.25) is 0 Å². The van der Waals surface area contributed by atoms with Crippen LogP contribution in [0.1, 0.15) is 33.4 Å². The summed E-state index contributed by atoms with van der Waals surface area (Å²) in [6.45, 7) is 2.96. The fourth-order valence-corrected chi connectivity index (χ4v) is 4.13. The van der Waals surface area contributed by atoms with Gasteiger partial charge in [0, 0.05) is 11.4 Å². The summed E-state index contributed by atoms with van der Waals surface area (Å²) in [4.78, 5) is 16.7. The van der Waals surface area contributed by atoms with Crippen LogP contribution in [-0.4, -0.2) is 30.4 Å². The van der Waals surface area contributed by atoms with E-state index in [2.05, 4.69) is 27.7 Å². The number of rotatable bonds is 5. The zero-order valence-electron chi connectivity index (χ0n) is 11.2. The first kappa shape index (κ1) is 13.8. The van der Waals surface area contributed by atoms with E-state index in [1.807, 2.05) is 17.5 Å². The van der Waals surface area contributed by atoms with Gasteiger partial charge in [0.15, 0.2) is 0 Å². The number of thiophene rings is 2. The molecule has 20 heavy (non-hydrogen) atoms. The van der Waals surface area contributed by atoms with Crippen molar-refractivity contribution in [2.45, 2.75) is 18.9 Å². The number of carbonyl (C=O) groups is 1. The highest BCUT2D eigenvalue weighted by atomic mass is 32.1. The molecule has 106 valence electrons. The highest BCUT2D eigenvalue weighted by Gasteiger charge is 2.24. The lowest BCUT2D eigenvalue weighted by Crippen LogP contribution is -2.36. The van der Waals surface area contributed by atoms with Gasteiger partial charge in [-0.25, -0.2) is 0 Å². The van der Waals surface area contributed by atoms with Crippen LogP contribution >= 0.6 is 22.7 Å². The predicted octanol–water partition coefficient (Wildman–Crippen LogP) is 3.38. The van der Waals surface area contributed by atoms with Gasteiger partial charge in [0.2, 0.25) is 0 Å². The summed E-state index contributed by atoms with van der Waals surface area (Å²) in [7, 11) is 0. The maximum Gasteiger partial charge on any atom is 0.261 e. The van der Waals surface area contributed by atoms with Crippen molar-refractivity contribution in [2.75, 3.05) is 19.6 Å². The van der Waals surface area contributed by atoms with E-state index >= 15 is 0 Å². The molecular formula is C15H18N2OS2. The molecule has 1 fully saturated rings. The summed E-state index contributed by atoms with van der Waals surface area (Å²) in [6.07, 6.45) is 2.53. The number of hydrogen-bond donors (Lipinski definition) is 1. The first-order valence-corrected chi connectivity index (χ1v) is 8.69. The van der Waals surface area contributed by atoms with E-state index in [1.54, 1.807) is 11.3 Å². The van der Waals surface area contributed by atoms with Crippen molar-refractivity contribution in [3.63, 3.8) is 0 Å². The maximum absolute atomic E-state index is 12.1. The first-order chi connectivity index (χ1) is 9.84. The summed E-state index contributed by atoms with van der Waals surface area (Å²) < 4.78 is 0. The predicted molar refractivity (Wildman–Crippen MR) is 84.5 cm³/mol. The van der Waals surface area contributed by atoms with Gasteiger partial charge in [-0.05, 0) is 48.8 Å². The van der Waals surface area contributed by atoms with Crippen molar-refractivity contribution in [3.8, 4) is 0 Å². The van der Waals surface area contributed by atoms with Crippen LogP contribution in [0.25, 0.3) is 0 Å². The molecule has 1 saturated heterocycles. The monoisotopic (exact) mass is 306 g/mol. The van der Waals surface area contributed by atoms with Crippen molar-refractivity contribution >= 4 is 28.6 Å². The standard InChI is InChI=1S/C15H18N2OS2/c18-15(14-6-4-10-20-14)16-11-12(13-5-3-9-19-13)17-7-1-2-8-17/h3-6,9-10,12H,1-2,7-8,11H2,(H,16,18)/t12-/m1/s1. The van der Waals surface area contributed by atoms with Crippen LogP contribution < -0.4 is 5.32 Å². The Labute approximate surface area is 127 Å². The van der Waals surface area contributed by atoms with Crippen LogP contribution in [0.15, 0.2) is 35.0 Å². The molecule has 1 N–H and O–H groups in total. The molecule has 0 unspecified atom stereocenters. The van der Waals surface area contributed by atoms with Crippen LogP contribution in [0.3, 0.4) is 0 Å². The Morgan fingerprint density at radius 3 is 2.60 bits per heavy atom. The SMILES string of the molecule is O=C(NC[C@H](c1cccs1)N1CCCC1)c1cccs1. The van der Waals surface area contributed by atoms with Gasteiger partial charge in [0.05, 0.1) is 10.9 Å². The second-order valence-electron chi connectivity index (χ2n) is 4.96. The number of carbonyl (C=O) groups excluding carboxylic acids is 1. The van der Waals surface area contributed by atoms with E-state index < -0.39 is 0 Å². The number of nitrogens with one attached hydrogen (secondary N) is 1. The van der Waals surface area contributed by atoms with Gasteiger partial charge in [-0.3, -0.25) is 9.69 Å². The Morgan fingerprint density at radius 1 is 1.20 bits per heavy atom. The molecule has 3 nitrogen and oxygen atoms in total. The van der Waals surface area contributed by atoms with Gasteiger partial charge in [-0.15, -0.1) is 22.7 Å². The molecule has 0 bridgehead atoms. The summed E-state index contributed by atoms with van der Waals surface area (Å²) in [5.41, 5.74) is 0. The zero-order chi connectivity index (χ0) is 13.8. The number of amides is 1. The molecule has 1 aliphatic rings. The molecule has 3 rings (SSSR count). The van der Waals surface area contributed by atoms with Gasteiger partial charge >= 0.3 is 0 Å².